The van der Waals surface area contributed by atoms with Gasteiger partial charge in [-0.2, -0.15) is 0 Å². The molecule has 1 saturated carbocycles. The zero-order chi connectivity index (χ0) is 32.7. The smallest absolute Gasteiger partial charge is 0.341 e. The van der Waals surface area contributed by atoms with Gasteiger partial charge in [-0.15, -0.1) is 0 Å². The Morgan fingerprint density at radius 3 is 2.16 bits per heavy atom. The van der Waals surface area contributed by atoms with Crippen molar-refractivity contribution in [3.05, 3.63) is 0 Å². The Hall–Kier alpha value is -1.41. The van der Waals surface area contributed by atoms with Crippen LogP contribution >= 0.6 is 0 Å². The van der Waals surface area contributed by atoms with Gasteiger partial charge in [-0.1, -0.05) is 0 Å². The lowest BCUT2D eigenvalue weighted by molar-refractivity contribution is -0.319. The van der Waals surface area contributed by atoms with Gasteiger partial charge in [0.15, 0.2) is 12.6 Å². The van der Waals surface area contributed by atoms with Crippen LogP contribution in [0.25, 0.3) is 0 Å². The topological polar surface area (TPSA) is 347 Å². The summed E-state index contributed by atoms with van der Waals surface area (Å²) in [4.78, 5) is 12.6. The summed E-state index contributed by atoms with van der Waals surface area (Å²) in [7, 11) is 0. The van der Waals surface area contributed by atoms with Crippen molar-refractivity contribution in [3.63, 3.8) is 0 Å². The van der Waals surface area contributed by atoms with E-state index in [9.17, 15) is 40.6 Å². The predicted octanol–water partition coefficient (Wildman–Crippen LogP) is -7.91. The molecule has 2 aliphatic heterocycles. The highest BCUT2D eigenvalue weighted by Gasteiger charge is 2.52. The zero-order valence-corrected chi connectivity index (χ0v) is 24.2. The number of ether oxygens (including phenoxy) is 4. The first-order valence-electron chi connectivity index (χ1n) is 14.5. The van der Waals surface area contributed by atoms with Gasteiger partial charge in [-0.3, -0.25) is 5.21 Å². The first-order valence-corrected chi connectivity index (χ1v) is 14.5. The second-order valence-electron chi connectivity index (χ2n) is 11.2. The number of carbonyl (C=O) groups excluding carboxylic acids is 1. The van der Waals surface area contributed by atoms with E-state index in [1.807, 2.05) is 0 Å². The lowest BCUT2D eigenvalue weighted by Crippen LogP contribution is -2.70. The van der Waals surface area contributed by atoms with Crippen molar-refractivity contribution < 1.29 is 64.7 Å². The summed E-state index contributed by atoms with van der Waals surface area (Å²) < 4.78 is 23.2. The van der Waals surface area contributed by atoms with E-state index in [2.05, 4.69) is 10.6 Å². The van der Waals surface area contributed by atoms with Crippen LogP contribution < -0.4 is 33.6 Å². The maximum absolute atomic E-state index is 12.6. The molecule has 0 aromatic heterocycles. The Balaban J connectivity index is 1.82. The first-order chi connectivity index (χ1) is 20.9. The Labute approximate surface area is 253 Å². The number of carbonyl (C=O) groups is 1. The molecule has 0 radical (unpaired) electrons. The van der Waals surface area contributed by atoms with Gasteiger partial charge >= 0.3 is 6.03 Å². The standard InChI is InChI=1S/C24H49N7O13/c25-2-4-31(40)24(39)30-10-6-9(26)20(19(38)21(10)44-23-18(37)13(27)15(34)12(8-33)42-23)43-22-14(28)17(36)16(35)11(41-22)7-29-3-1-5-32/h9-23,29,32-38,40H,1-8,25-28H2,(H,30,39)/t9-,10+,11+,12+,13-,14+,15+,16+,17+,18+,19-,20?,21-,22+,23+/m0/s1. The second-order valence-corrected chi connectivity index (χ2v) is 11.2. The summed E-state index contributed by atoms with van der Waals surface area (Å²) in [5.74, 6) is 0. The lowest BCUT2D eigenvalue weighted by Gasteiger charge is -2.49. The zero-order valence-electron chi connectivity index (χ0n) is 24.2. The molecule has 2 heterocycles. The second kappa shape index (κ2) is 16.9. The molecule has 258 valence electrons. The molecule has 3 rings (SSSR count). The number of urea groups is 1. The minimum absolute atomic E-state index is 0.0537. The van der Waals surface area contributed by atoms with Crippen LogP contribution in [0, 0.1) is 0 Å². The summed E-state index contributed by atoms with van der Waals surface area (Å²) in [5, 5.41) is 87.7. The van der Waals surface area contributed by atoms with Crippen molar-refractivity contribution in [2.24, 2.45) is 22.9 Å². The third-order valence-electron chi connectivity index (χ3n) is 8.03. The number of nitrogens with two attached hydrogens (primary N) is 4. The number of nitrogens with zero attached hydrogens (tertiary/aromatic N) is 1. The van der Waals surface area contributed by atoms with E-state index in [0.29, 0.717) is 18.0 Å². The summed E-state index contributed by atoms with van der Waals surface area (Å²) in [6, 6.07) is -5.73. The van der Waals surface area contributed by atoms with Gasteiger partial charge in [0, 0.05) is 25.7 Å². The summed E-state index contributed by atoms with van der Waals surface area (Å²) in [6.45, 7) is -0.538. The predicted molar refractivity (Wildman–Crippen MR) is 147 cm³/mol. The van der Waals surface area contributed by atoms with Crippen LogP contribution in [0.4, 0.5) is 4.79 Å². The Bertz CT molecular complexity index is 884. The van der Waals surface area contributed by atoms with Crippen LogP contribution in [0.3, 0.4) is 0 Å². The maximum atomic E-state index is 12.6. The summed E-state index contributed by atoms with van der Waals surface area (Å²) in [6.07, 6.45) is -15.3. The van der Waals surface area contributed by atoms with Crippen molar-refractivity contribution in [1.82, 2.24) is 15.7 Å². The molecule has 0 spiro atoms. The number of hydroxylamine groups is 2. The van der Waals surface area contributed by atoms with E-state index in [0.717, 1.165) is 0 Å². The quantitative estimate of drug-likeness (QED) is 0.0503. The number of amides is 2. The molecule has 18 N–H and O–H groups in total. The molecule has 2 amide bonds. The Morgan fingerprint density at radius 2 is 1.52 bits per heavy atom. The van der Waals surface area contributed by atoms with E-state index in [-0.39, 0.29) is 32.7 Å². The molecule has 1 unspecified atom stereocenters. The molecule has 3 fully saturated rings. The molecular weight excluding hydrogens is 594 g/mol. The van der Waals surface area contributed by atoms with Crippen molar-refractivity contribution in [1.29, 1.82) is 0 Å². The largest absolute Gasteiger partial charge is 0.396 e. The molecule has 0 aromatic carbocycles. The van der Waals surface area contributed by atoms with Crippen molar-refractivity contribution in [2.45, 2.75) is 105 Å². The number of aliphatic hydroxyl groups excluding tert-OH is 7. The lowest BCUT2D eigenvalue weighted by atomic mass is 9.83. The monoisotopic (exact) mass is 643 g/mol. The van der Waals surface area contributed by atoms with E-state index in [4.69, 9.17) is 47.0 Å². The molecule has 0 aromatic rings. The normalized spacial score (nSPS) is 43.0. The summed E-state index contributed by atoms with van der Waals surface area (Å²) in [5.41, 5.74) is 23.7. The van der Waals surface area contributed by atoms with Gasteiger partial charge in [-0.25, -0.2) is 9.86 Å². The van der Waals surface area contributed by atoms with Crippen LogP contribution in [0.1, 0.15) is 12.8 Å². The van der Waals surface area contributed by atoms with Crippen LogP contribution in [0.2, 0.25) is 0 Å². The van der Waals surface area contributed by atoms with Gasteiger partial charge in [0.05, 0.1) is 31.3 Å². The fourth-order valence-electron chi connectivity index (χ4n) is 5.42. The van der Waals surface area contributed by atoms with Gasteiger partial charge in [0.2, 0.25) is 0 Å². The van der Waals surface area contributed by atoms with E-state index < -0.39 is 104 Å². The molecule has 15 atom stereocenters. The Kier molecular flexibility index (Phi) is 14.3. The molecule has 44 heavy (non-hydrogen) atoms. The number of aliphatic hydroxyl groups is 7. The highest BCUT2D eigenvalue weighted by molar-refractivity contribution is 5.73. The molecule has 1 aliphatic carbocycles. The minimum atomic E-state index is -1.70. The molecule has 20 heteroatoms. The van der Waals surface area contributed by atoms with Gasteiger partial charge in [-0.05, 0) is 19.4 Å². The Morgan fingerprint density at radius 1 is 0.864 bits per heavy atom. The van der Waals surface area contributed by atoms with E-state index >= 15 is 0 Å². The first kappa shape index (κ1) is 37.1. The summed E-state index contributed by atoms with van der Waals surface area (Å²) >= 11 is 0. The third kappa shape index (κ3) is 8.68. The SMILES string of the molecule is NCCN(O)C(=O)N[C@@H]1C[C@H](N)C(O[C@H]2O[C@H](CNCCCO)[C@@H](O)[C@H](O)[C@H]2N)[C@H](O)[C@H]1O[C@H]1O[C@H](CO)[C@@H](O)[C@H](N)[C@H]1O. The van der Waals surface area contributed by atoms with Crippen LogP contribution in [0.5, 0.6) is 0 Å². The van der Waals surface area contributed by atoms with Crippen LogP contribution in [-0.2, 0) is 18.9 Å². The highest BCUT2D eigenvalue weighted by atomic mass is 16.7. The van der Waals surface area contributed by atoms with Crippen molar-refractivity contribution in [3.8, 4) is 0 Å². The van der Waals surface area contributed by atoms with Gasteiger partial charge < -0.3 is 88.3 Å². The fourth-order valence-corrected chi connectivity index (χ4v) is 5.42. The average Bonchev–Trinajstić information content (AvgIpc) is 2.99. The number of hydrogen-bond donors (Lipinski definition) is 14. The van der Waals surface area contributed by atoms with Crippen LogP contribution in [-0.4, -0.2) is 183 Å². The van der Waals surface area contributed by atoms with Gasteiger partial charge in [0.1, 0.15) is 54.9 Å². The fraction of sp³-hybridized carbons (Fsp3) is 0.958. The van der Waals surface area contributed by atoms with Crippen molar-refractivity contribution in [2.75, 3.05) is 39.4 Å². The number of nitrogens with one attached hydrogen (secondary N) is 2. The number of rotatable bonds is 13. The minimum Gasteiger partial charge on any atom is -0.396 e. The van der Waals surface area contributed by atoms with Gasteiger partial charge in [0.25, 0.3) is 0 Å². The molecule has 3 aliphatic rings. The number of hydrogen-bond acceptors (Lipinski definition) is 18. The molecule has 2 saturated heterocycles. The van der Waals surface area contributed by atoms with Crippen LogP contribution in [0.15, 0.2) is 0 Å². The average molecular weight is 644 g/mol. The third-order valence-corrected chi connectivity index (χ3v) is 8.03. The maximum Gasteiger partial charge on any atom is 0.341 e. The van der Waals surface area contributed by atoms with Crippen molar-refractivity contribution >= 4 is 6.03 Å². The molecule has 0 bridgehead atoms. The highest BCUT2D eigenvalue weighted by Crippen LogP contribution is 2.31. The molecule has 20 nitrogen and oxygen atoms in total. The van der Waals surface area contributed by atoms with E-state index in [1.165, 1.54) is 0 Å². The van der Waals surface area contributed by atoms with E-state index in [1.54, 1.807) is 0 Å². The molecular formula is C24H49N7O13.